The number of hydrogen-bond donors (Lipinski definition) is 7. The molecule has 5 amide bonds. The largest absolute Gasteiger partial charge is 0.379 e. The van der Waals surface area contributed by atoms with Crippen molar-refractivity contribution in [1.82, 2.24) is 31.5 Å². The van der Waals surface area contributed by atoms with Crippen molar-refractivity contribution in [3.05, 3.63) is 0 Å². The maximum absolute atomic E-state index is 14.5. The van der Waals surface area contributed by atoms with E-state index in [0.717, 1.165) is 102 Å². The summed E-state index contributed by atoms with van der Waals surface area (Å²) in [6.45, 7) is 8.11. The van der Waals surface area contributed by atoms with Crippen molar-refractivity contribution >= 4 is 29.5 Å². The molecule has 0 aromatic carbocycles. The second-order valence-corrected chi connectivity index (χ2v) is 18.2. The number of rotatable bonds is 16. The van der Waals surface area contributed by atoms with Crippen LogP contribution in [0.3, 0.4) is 0 Å². The van der Waals surface area contributed by atoms with E-state index >= 15 is 0 Å². The standard InChI is InChI=1S/C44H80N8O7/c1-5-6-15-37-42(55)51-39(34-13-9-7-8-10-14-34)43(56)49-35(26-46)40(53)50-36(28-58-21-12-20-47-19-11-18-45)41(54)48-29(2)27-59-38(30(3)44(57)52(37)4)25-33-23-31-16-17-32(22-31)24-33/h29-39,47H,5-28,45-46H2,1-4H3,(H,48,54)(H,49,56)(H,50,53)(H,51,55)/t29-,30-,31-,32+,33?,35+,36+,37+,38-,39+/m1/s1. The first-order valence-corrected chi connectivity index (χ1v) is 23.2. The topological polar surface area (TPSA) is 219 Å². The highest BCUT2D eigenvalue weighted by molar-refractivity contribution is 5.96. The van der Waals surface area contributed by atoms with Crippen LogP contribution in [0.5, 0.6) is 0 Å². The monoisotopic (exact) mass is 833 g/mol. The van der Waals surface area contributed by atoms with Gasteiger partial charge >= 0.3 is 0 Å². The molecule has 3 saturated carbocycles. The third-order valence-corrected chi connectivity index (χ3v) is 13.3. The Labute approximate surface area is 354 Å². The second kappa shape index (κ2) is 25.8. The summed E-state index contributed by atoms with van der Waals surface area (Å²) in [5.74, 6) is -1.000. The first-order valence-electron chi connectivity index (χ1n) is 23.2. The normalized spacial score (nSPS) is 32.6. The Morgan fingerprint density at radius 1 is 0.780 bits per heavy atom. The Morgan fingerprint density at radius 3 is 2.10 bits per heavy atom. The van der Waals surface area contributed by atoms with Crippen LogP contribution >= 0.6 is 0 Å². The summed E-state index contributed by atoms with van der Waals surface area (Å²) >= 11 is 0. The van der Waals surface area contributed by atoms with E-state index in [-0.39, 0.29) is 37.5 Å². The number of fused-ring (bicyclic) bond motifs is 2. The molecule has 0 aromatic heterocycles. The van der Waals surface area contributed by atoms with Crippen LogP contribution in [0.1, 0.15) is 130 Å². The van der Waals surface area contributed by atoms with Gasteiger partial charge in [-0.05, 0) is 108 Å². The molecule has 4 fully saturated rings. The fraction of sp³-hybridized carbons (Fsp3) is 0.886. The second-order valence-electron chi connectivity index (χ2n) is 18.2. The fourth-order valence-electron chi connectivity index (χ4n) is 9.86. The van der Waals surface area contributed by atoms with Crippen molar-refractivity contribution in [2.75, 3.05) is 53.0 Å². The number of nitrogens with two attached hydrogens (primary N) is 2. The first-order chi connectivity index (χ1) is 28.4. The number of amides is 5. The van der Waals surface area contributed by atoms with Gasteiger partial charge in [-0.2, -0.15) is 0 Å². The van der Waals surface area contributed by atoms with E-state index in [2.05, 4.69) is 26.6 Å². The van der Waals surface area contributed by atoms with Gasteiger partial charge in [0.15, 0.2) is 0 Å². The summed E-state index contributed by atoms with van der Waals surface area (Å²) in [5, 5.41) is 15.0. The van der Waals surface area contributed by atoms with E-state index in [9.17, 15) is 24.0 Å². The van der Waals surface area contributed by atoms with Crippen LogP contribution in [-0.2, 0) is 33.4 Å². The van der Waals surface area contributed by atoms with Crippen LogP contribution in [-0.4, -0.2) is 124 Å². The highest BCUT2D eigenvalue weighted by Crippen LogP contribution is 2.46. The first kappa shape index (κ1) is 48.8. The average molecular weight is 833 g/mol. The van der Waals surface area contributed by atoms with E-state index in [4.69, 9.17) is 20.9 Å². The number of hydrogen-bond acceptors (Lipinski definition) is 10. The third-order valence-electron chi connectivity index (χ3n) is 13.3. The molecule has 9 N–H and O–H groups in total. The molecule has 59 heavy (non-hydrogen) atoms. The molecule has 2 bridgehead atoms. The van der Waals surface area contributed by atoms with E-state index in [1.807, 2.05) is 20.8 Å². The van der Waals surface area contributed by atoms with Gasteiger partial charge in [0.25, 0.3) is 0 Å². The lowest BCUT2D eigenvalue weighted by atomic mass is 9.77. The molecule has 4 aliphatic rings. The number of likely N-dealkylation sites (N-methyl/N-ethyl adjacent to an activating group) is 1. The highest BCUT2D eigenvalue weighted by Gasteiger charge is 2.41. The zero-order valence-corrected chi connectivity index (χ0v) is 36.8. The van der Waals surface area contributed by atoms with Crippen LogP contribution in [0.4, 0.5) is 0 Å². The molecule has 3 aliphatic carbocycles. The number of nitrogens with one attached hydrogen (secondary N) is 5. The van der Waals surface area contributed by atoms with Gasteiger partial charge in [-0.3, -0.25) is 24.0 Å². The molecule has 1 unspecified atom stereocenters. The number of ether oxygens (including phenoxy) is 2. The van der Waals surface area contributed by atoms with Gasteiger partial charge in [0, 0.05) is 26.2 Å². The average Bonchev–Trinajstić information content (AvgIpc) is 3.37. The predicted molar refractivity (Wildman–Crippen MR) is 229 cm³/mol. The lowest BCUT2D eigenvalue weighted by molar-refractivity contribution is -0.147. The highest BCUT2D eigenvalue weighted by atomic mass is 16.5. The lowest BCUT2D eigenvalue weighted by Gasteiger charge is -2.36. The minimum atomic E-state index is -1.17. The number of carbonyl (C=O) groups is 5. The van der Waals surface area contributed by atoms with Crippen molar-refractivity contribution in [2.45, 2.75) is 166 Å². The molecule has 15 nitrogen and oxygen atoms in total. The van der Waals surface area contributed by atoms with E-state index < -0.39 is 60.0 Å². The number of carbonyl (C=O) groups excluding carboxylic acids is 5. The Kier molecular flexibility index (Phi) is 21.4. The van der Waals surface area contributed by atoms with Crippen LogP contribution in [0.2, 0.25) is 0 Å². The van der Waals surface area contributed by atoms with Crippen LogP contribution in [0.15, 0.2) is 0 Å². The molecular formula is C44H80N8O7. The van der Waals surface area contributed by atoms with Gasteiger partial charge in [-0.15, -0.1) is 0 Å². The molecule has 10 atom stereocenters. The van der Waals surface area contributed by atoms with Crippen molar-refractivity contribution < 1.29 is 33.4 Å². The molecule has 0 aromatic rings. The Morgan fingerprint density at radius 2 is 1.44 bits per heavy atom. The van der Waals surface area contributed by atoms with Crippen molar-refractivity contribution in [3.63, 3.8) is 0 Å². The van der Waals surface area contributed by atoms with E-state index in [1.54, 1.807) is 11.9 Å². The smallest absolute Gasteiger partial charge is 0.245 e. The SMILES string of the molecule is CCCC[C@H]1C(=O)N[C@@H](C2CCCCCC2)C(=O)N[C@@H](CN)C(=O)N[C@@H](COCCCNCCCN)C(=O)N[C@H](C)CO[C@H](CC2C[C@H]3CC[C@@H](C2)C3)[C@@H](C)C(=O)N1C. The number of nitrogens with zero attached hydrogens (tertiary/aromatic N) is 1. The quantitative estimate of drug-likeness (QED) is 0.0891. The maximum atomic E-state index is 14.5. The van der Waals surface area contributed by atoms with Crippen LogP contribution in [0, 0.1) is 29.6 Å². The molecule has 1 heterocycles. The lowest BCUT2D eigenvalue weighted by Crippen LogP contribution is -2.62. The summed E-state index contributed by atoms with van der Waals surface area (Å²) in [6.07, 6.45) is 15.3. The molecule has 0 radical (unpaired) electrons. The van der Waals surface area contributed by atoms with Crippen LogP contribution in [0.25, 0.3) is 0 Å². The van der Waals surface area contributed by atoms with Gasteiger partial charge in [-0.25, -0.2) is 0 Å². The van der Waals surface area contributed by atoms with E-state index in [1.165, 1.54) is 19.3 Å². The van der Waals surface area contributed by atoms with Crippen molar-refractivity contribution in [3.8, 4) is 0 Å². The third kappa shape index (κ3) is 15.5. The maximum Gasteiger partial charge on any atom is 0.245 e. The van der Waals surface area contributed by atoms with Gasteiger partial charge in [0.1, 0.15) is 24.2 Å². The Hall–Kier alpha value is -2.85. The fourth-order valence-corrected chi connectivity index (χ4v) is 9.86. The van der Waals surface area contributed by atoms with E-state index in [0.29, 0.717) is 31.9 Å². The summed E-state index contributed by atoms with van der Waals surface area (Å²) < 4.78 is 12.5. The zero-order chi connectivity index (χ0) is 42.7. The van der Waals surface area contributed by atoms with Crippen molar-refractivity contribution in [1.29, 1.82) is 0 Å². The molecule has 1 aliphatic heterocycles. The molecule has 4 rings (SSSR count). The Balaban J connectivity index is 1.63. The number of unbranched alkanes of at least 4 members (excludes halogenated alkanes) is 1. The van der Waals surface area contributed by atoms with Gasteiger partial charge in [0.2, 0.25) is 29.5 Å². The molecule has 0 spiro atoms. The van der Waals surface area contributed by atoms with Gasteiger partial charge in [0.05, 0.1) is 25.2 Å². The minimum absolute atomic E-state index is 0.0936. The molecular weight excluding hydrogens is 753 g/mol. The van der Waals surface area contributed by atoms with Crippen LogP contribution < -0.4 is 38.1 Å². The molecule has 1 saturated heterocycles. The molecule has 15 heteroatoms. The predicted octanol–water partition coefficient (Wildman–Crippen LogP) is 2.49. The summed E-state index contributed by atoms with van der Waals surface area (Å²) in [4.78, 5) is 72.6. The zero-order valence-electron chi connectivity index (χ0n) is 36.8. The summed E-state index contributed by atoms with van der Waals surface area (Å²) in [6, 6.07) is -4.45. The molecule has 338 valence electrons. The summed E-state index contributed by atoms with van der Waals surface area (Å²) in [5.41, 5.74) is 11.7. The minimum Gasteiger partial charge on any atom is -0.379 e. The van der Waals surface area contributed by atoms with Gasteiger partial charge < -0.3 is 52.4 Å². The summed E-state index contributed by atoms with van der Waals surface area (Å²) in [7, 11) is 1.69. The van der Waals surface area contributed by atoms with Gasteiger partial charge in [-0.1, -0.05) is 65.2 Å². The Bertz CT molecular complexity index is 1300. The van der Waals surface area contributed by atoms with Crippen molar-refractivity contribution in [2.24, 2.45) is 41.1 Å².